The van der Waals surface area contributed by atoms with E-state index in [4.69, 9.17) is 23.2 Å². The first-order chi connectivity index (χ1) is 6.75. The van der Waals surface area contributed by atoms with Crippen LogP contribution in [0.25, 0.3) is 0 Å². The van der Waals surface area contributed by atoms with Crippen molar-refractivity contribution in [2.24, 2.45) is 0 Å². The lowest BCUT2D eigenvalue weighted by atomic mass is 10.3. The smallest absolute Gasteiger partial charge is 0.271 e. The van der Waals surface area contributed by atoms with E-state index < -0.39 is 0 Å². The molecule has 1 aromatic heterocycles. The lowest BCUT2D eigenvalue weighted by molar-refractivity contribution is 0.835. The van der Waals surface area contributed by atoms with Crippen molar-refractivity contribution in [1.82, 2.24) is 9.97 Å². The van der Waals surface area contributed by atoms with Gasteiger partial charge in [-0.3, -0.25) is 4.79 Å². The van der Waals surface area contributed by atoms with E-state index >= 15 is 0 Å². The first-order valence-electron chi connectivity index (χ1n) is 4.28. The van der Waals surface area contributed by atoms with Crippen LogP contribution in [0.1, 0.15) is 12.8 Å². The fourth-order valence-corrected chi connectivity index (χ4v) is 1.29. The Bertz CT molecular complexity index is 340. The summed E-state index contributed by atoms with van der Waals surface area (Å²) >= 11 is 11.2. The summed E-state index contributed by atoms with van der Waals surface area (Å²) in [4.78, 5) is 17.3. The normalized spacial score (nSPS) is 10.1. The number of nitrogens with one attached hydrogen (secondary N) is 2. The topological polar surface area (TPSA) is 57.8 Å². The van der Waals surface area contributed by atoms with Crippen LogP contribution in [0.4, 0.5) is 5.82 Å². The van der Waals surface area contributed by atoms with Gasteiger partial charge in [0.1, 0.15) is 5.02 Å². The molecule has 6 heteroatoms. The standard InChI is InChI=1S/C8H11Cl2N3O/c9-3-1-2-4-11-7-6(10)8(14)13-5-12-7/h5H,1-4H2,(H2,11,12,13,14). The van der Waals surface area contributed by atoms with E-state index in [2.05, 4.69) is 15.3 Å². The molecule has 0 aliphatic heterocycles. The molecule has 0 unspecified atom stereocenters. The average molecular weight is 236 g/mol. The molecule has 0 spiro atoms. The summed E-state index contributed by atoms with van der Waals surface area (Å²) in [6.07, 6.45) is 3.17. The number of anilines is 1. The number of unbranched alkanes of at least 4 members (excludes halogenated alkanes) is 1. The molecule has 1 rings (SSSR count). The van der Waals surface area contributed by atoms with Gasteiger partial charge >= 0.3 is 0 Å². The summed E-state index contributed by atoms with van der Waals surface area (Å²) in [6.45, 7) is 0.711. The third kappa shape index (κ3) is 3.20. The van der Waals surface area contributed by atoms with Crippen LogP contribution in [0.5, 0.6) is 0 Å². The summed E-state index contributed by atoms with van der Waals surface area (Å²) in [6, 6.07) is 0. The Hall–Kier alpha value is -0.740. The molecule has 0 aliphatic rings. The molecule has 1 aromatic rings. The Labute approximate surface area is 91.6 Å². The van der Waals surface area contributed by atoms with E-state index in [1.54, 1.807) is 0 Å². The van der Waals surface area contributed by atoms with E-state index in [1.807, 2.05) is 0 Å². The molecule has 0 saturated carbocycles. The number of aromatic amines is 1. The first kappa shape index (κ1) is 11.3. The van der Waals surface area contributed by atoms with E-state index in [1.165, 1.54) is 6.33 Å². The predicted molar refractivity (Wildman–Crippen MR) is 58.3 cm³/mol. The highest BCUT2D eigenvalue weighted by molar-refractivity contribution is 6.32. The van der Waals surface area contributed by atoms with Crippen molar-refractivity contribution in [1.29, 1.82) is 0 Å². The van der Waals surface area contributed by atoms with Crippen molar-refractivity contribution >= 4 is 29.0 Å². The van der Waals surface area contributed by atoms with Gasteiger partial charge in [-0.25, -0.2) is 4.98 Å². The zero-order chi connectivity index (χ0) is 10.4. The average Bonchev–Trinajstić information content (AvgIpc) is 2.19. The molecule has 0 aliphatic carbocycles. The zero-order valence-electron chi connectivity index (χ0n) is 7.52. The minimum atomic E-state index is -0.332. The molecule has 0 aromatic carbocycles. The number of halogens is 2. The van der Waals surface area contributed by atoms with Gasteiger partial charge in [-0.2, -0.15) is 0 Å². The van der Waals surface area contributed by atoms with Crippen LogP contribution >= 0.6 is 23.2 Å². The Morgan fingerprint density at radius 2 is 2.29 bits per heavy atom. The van der Waals surface area contributed by atoms with Crippen molar-refractivity contribution in [3.63, 3.8) is 0 Å². The van der Waals surface area contributed by atoms with Gasteiger partial charge < -0.3 is 10.3 Å². The van der Waals surface area contributed by atoms with Crippen LogP contribution in [0.2, 0.25) is 5.02 Å². The largest absolute Gasteiger partial charge is 0.369 e. The van der Waals surface area contributed by atoms with Crippen molar-refractivity contribution < 1.29 is 0 Å². The number of H-pyrrole nitrogens is 1. The van der Waals surface area contributed by atoms with Gasteiger partial charge in [-0.15, -0.1) is 11.6 Å². The number of alkyl halides is 1. The van der Waals surface area contributed by atoms with Gasteiger partial charge in [0.15, 0.2) is 5.82 Å². The van der Waals surface area contributed by atoms with Crippen molar-refractivity contribution in [3.8, 4) is 0 Å². The van der Waals surface area contributed by atoms with Crippen LogP contribution in [-0.2, 0) is 0 Å². The third-order valence-corrected chi connectivity index (χ3v) is 2.27. The number of hydrogen-bond donors (Lipinski definition) is 2. The van der Waals surface area contributed by atoms with E-state index in [9.17, 15) is 4.79 Å². The first-order valence-corrected chi connectivity index (χ1v) is 5.20. The minimum Gasteiger partial charge on any atom is -0.369 e. The van der Waals surface area contributed by atoms with Gasteiger partial charge in [0, 0.05) is 12.4 Å². The lowest BCUT2D eigenvalue weighted by Crippen LogP contribution is -2.12. The fourth-order valence-electron chi connectivity index (χ4n) is 0.933. The molecule has 0 atom stereocenters. The second-order valence-electron chi connectivity index (χ2n) is 2.72. The molecule has 14 heavy (non-hydrogen) atoms. The van der Waals surface area contributed by atoms with Crippen LogP contribution in [0.15, 0.2) is 11.1 Å². The molecule has 0 radical (unpaired) electrons. The van der Waals surface area contributed by atoms with Crippen LogP contribution in [0, 0.1) is 0 Å². The molecule has 4 nitrogen and oxygen atoms in total. The SMILES string of the molecule is O=c1[nH]cnc(NCCCCCl)c1Cl. The monoisotopic (exact) mass is 235 g/mol. The molecular weight excluding hydrogens is 225 g/mol. The predicted octanol–water partition coefficient (Wildman–Crippen LogP) is 1.85. The van der Waals surface area contributed by atoms with Crippen molar-refractivity contribution in [2.75, 3.05) is 17.7 Å². The molecular formula is C8H11Cl2N3O. The highest BCUT2D eigenvalue weighted by atomic mass is 35.5. The minimum absolute atomic E-state index is 0.0957. The van der Waals surface area contributed by atoms with Crippen LogP contribution in [-0.4, -0.2) is 22.4 Å². The van der Waals surface area contributed by atoms with Gasteiger partial charge in [0.25, 0.3) is 5.56 Å². The van der Waals surface area contributed by atoms with Gasteiger partial charge in [0.2, 0.25) is 0 Å². The maximum absolute atomic E-state index is 11.0. The van der Waals surface area contributed by atoms with Crippen LogP contribution in [0.3, 0.4) is 0 Å². The molecule has 1 heterocycles. The molecule has 0 bridgehead atoms. The maximum Gasteiger partial charge on any atom is 0.271 e. The number of aromatic nitrogens is 2. The van der Waals surface area contributed by atoms with Crippen molar-refractivity contribution in [2.45, 2.75) is 12.8 Å². The van der Waals surface area contributed by atoms with E-state index in [0.29, 0.717) is 18.2 Å². The molecule has 2 N–H and O–H groups in total. The zero-order valence-corrected chi connectivity index (χ0v) is 9.03. The summed E-state index contributed by atoms with van der Waals surface area (Å²) < 4.78 is 0. The van der Waals surface area contributed by atoms with Gasteiger partial charge in [-0.1, -0.05) is 11.6 Å². The summed E-state index contributed by atoms with van der Waals surface area (Å²) in [5.74, 6) is 1.06. The number of hydrogen-bond acceptors (Lipinski definition) is 3. The highest BCUT2D eigenvalue weighted by Crippen LogP contribution is 2.11. The molecule has 0 amide bonds. The number of rotatable bonds is 5. The fraction of sp³-hybridized carbons (Fsp3) is 0.500. The third-order valence-electron chi connectivity index (χ3n) is 1.65. The van der Waals surface area contributed by atoms with E-state index in [-0.39, 0.29) is 10.6 Å². The second kappa shape index (κ2) is 5.88. The maximum atomic E-state index is 11.0. The molecule has 0 saturated heterocycles. The quantitative estimate of drug-likeness (QED) is 0.605. The van der Waals surface area contributed by atoms with Gasteiger partial charge in [0.05, 0.1) is 6.33 Å². The number of nitrogens with zero attached hydrogens (tertiary/aromatic N) is 1. The summed E-state index contributed by atoms with van der Waals surface area (Å²) in [7, 11) is 0. The summed E-state index contributed by atoms with van der Waals surface area (Å²) in [5.41, 5.74) is -0.332. The van der Waals surface area contributed by atoms with Gasteiger partial charge in [-0.05, 0) is 12.8 Å². The Morgan fingerprint density at radius 3 is 3.00 bits per heavy atom. The Morgan fingerprint density at radius 1 is 1.50 bits per heavy atom. The molecule has 78 valence electrons. The summed E-state index contributed by atoms with van der Waals surface area (Å²) in [5, 5.41) is 3.06. The Balaban J connectivity index is 2.51. The van der Waals surface area contributed by atoms with Crippen LogP contribution < -0.4 is 10.9 Å². The highest BCUT2D eigenvalue weighted by Gasteiger charge is 2.03. The molecule has 0 fully saturated rings. The Kier molecular flexibility index (Phi) is 4.76. The lowest BCUT2D eigenvalue weighted by Gasteiger charge is -2.04. The second-order valence-corrected chi connectivity index (χ2v) is 3.47. The van der Waals surface area contributed by atoms with E-state index in [0.717, 1.165) is 12.8 Å². The van der Waals surface area contributed by atoms with Crippen molar-refractivity contribution in [3.05, 3.63) is 21.7 Å².